The molecule has 17 heavy (non-hydrogen) atoms. The molecule has 0 bridgehead atoms. The lowest BCUT2D eigenvalue weighted by molar-refractivity contribution is 0.198. The van der Waals surface area contributed by atoms with Crippen LogP contribution in [-0.2, 0) is 6.54 Å². The van der Waals surface area contributed by atoms with E-state index in [0.29, 0.717) is 6.10 Å². The molecule has 0 saturated heterocycles. The highest BCUT2D eigenvalue weighted by atomic mass is 16.5. The molecule has 0 radical (unpaired) electrons. The zero-order valence-electron chi connectivity index (χ0n) is 10.7. The van der Waals surface area contributed by atoms with Gasteiger partial charge in [-0.3, -0.25) is 0 Å². The monoisotopic (exact) mass is 235 g/mol. The van der Waals surface area contributed by atoms with Gasteiger partial charge in [0.1, 0.15) is 0 Å². The van der Waals surface area contributed by atoms with Gasteiger partial charge in [-0.05, 0) is 38.8 Å². The Morgan fingerprint density at radius 2 is 2.06 bits per heavy atom. The van der Waals surface area contributed by atoms with Crippen LogP contribution < -0.4 is 14.8 Å². The third-order valence-electron chi connectivity index (χ3n) is 3.23. The molecule has 1 saturated carbocycles. The maximum absolute atomic E-state index is 6.12. The summed E-state index contributed by atoms with van der Waals surface area (Å²) in [5.41, 5.74) is 1.17. The highest BCUT2D eigenvalue weighted by molar-refractivity contribution is 5.46. The summed E-state index contributed by atoms with van der Waals surface area (Å²) < 4.78 is 11.5. The van der Waals surface area contributed by atoms with Crippen molar-refractivity contribution in [2.75, 3.05) is 14.2 Å². The summed E-state index contributed by atoms with van der Waals surface area (Å²) in [7, 11) is 3.64. The van der Waals surface area contributed by atoms with Gasteiger partial charge < -0.3 is 14.8 Å². The van der Waals surface area contributed by atoms with Gasteiger partial charge in [0.15, 0.2) is 11.5 Å². The average Bonchev–Trinajstić information content (AvgIpc) is 2.84. The molecule has 1 aromatic carbocycles. The second-order valence-corrected chi connectivity index (χ2v) is 4.50. The lowest BCUT2D eigenvalue weighted by atomic mass is 10.1. The lowest BCUT2D eigenvalue weighted by Crippen LogP contribution is -2.15. The molecule has 2 rings (SSSR count). The maximum Gasteiger partial charge on any atom is 0.166 e. The van der Waals surface area contributed by atoms with E-state index in [9.17, 15) is 0 Å². The first-order valence-corrected chi connectivity index (χ1v) is 6.32. The number of nitrogens with one attached hydrogen (secondary N) is 1. The van der Waals surface area contributed by atoms with Gasteiger partial charge >= 0.3 is 0 Å². The Morgan fingerprint density at radius 1 is 1.29 bits per heavy atom. The van der Waals surface area contributed by atoms with Crippen LogP contribution in [0.2, 0.25) is 0 Å². The number of para-hydroxylation sites is 1. The Morgan fingerprint density at radius 3 is 2.71 bits per heavy atom. The van der Waals surface area contributed by atoms with Crippen LogP contribution in [-0.4, -0.2) is 20.3 Å². The third-order valence-corrected chi connectivity index (χ3v) is 3.23. The Labute approximate surface area is 103 Å². The van der Waals surface area contributed by atoms with E-state index in [1.165, 1.54) is 18.4 Å². The van der Waals surface area contributed by atoms with E-state index in [4.69, 9.17) is 9.47 Å². The summed E-state index contributed by atoms with van der Waals surface area (Å²) in [6.07, 6.45) is 5.25. The van der Waals surface area contributed by atoms with Crippen LogP contribution in [0.5, 0.6) is 11.5 Å². The molecule has 1 fully saturated rings. The summed E-state index contributed by atoms with van der Waals surface area (Å²) in [5.74, 6) is 1.75. The minimum atomic E-state index is 0.363. The Bertz CT molecular complexity index is 359. The van der Waals surface area contributed by atoms with E-state index in [1.54, 1.807) is 7.11 Å². The summed E-state index contributed by atoms with van der Waals surface area (Å²) >= 11 is 0. The van der Waals surface area contributed by atoms with E-state index < -0.39 is 0 Å². The molecule has 0 amide bonds. The molecule has 3 heteroatoms. The maximum atomic E-state index is 6.12. The molecule has 0 heterocycles. The molecular formula is C14H21NO2. The highest BCUT2D eigenvalue weighted by Gasteiger charge is 2.20. The van der Waals surface area contributed by atoms with Gasteiger partial charge in [-0.15, -0.1) is 0 Å². The van der Waals surface area contributed by atoms with E-state index >= 15 is 0 Å². The Kier molecular flexibility index (Phi) is 4.26. The van der Waals surface area contributed by atoms with Crippen LogP contribution >= 0.6 is 0 Å². The summed E-state index contributed by atoms with van der Waals surface area (Å²) in [6, 6.07) is 6.06. The zero-order valence-corrected chi connectivity index (χ0v) is 10.7. The average molecular weight is 235 g/mol. The van der Waals surface area contributed by atoms with Crippen LogP contribution in [0, 0.1) is 0 Å². The second-order valence-electron chi connectivity index (χ2n) is 4.50. The van der Waals surface area contributed by atoms with Gasteiger partial charge in [0.25, 0.3) is 0 Å². The van der Waals surface area contributed by atoms with Crippen molar-refractivity contribution in [3.63, 3.8) is 0 Å². The molecule has 0 aromatic heterocycles. The number of methoxy groups -OCH3 is 1. The molecule has 1 N–H and O–H groups in total. The number of rotatable bonds is 5. The van der Waals surface area contributed by atoms with Gasteiger partial charge in [-0.2, -0.15) is 0 Å². The molecule has 94 valence electrons. The molecule has 0 atom stereocenters. The number of ether oxygens (including phenoxy) is 2. The van der Waals surface area contributed by atoms with Crippen molar-refractivity contribution in [3.05, 3.63) is 23.8 Å². The zero-order chi connectivity index (χ0) is 12.1. The van der Waals surface area contributed by atoms with Gasteiger partial charge in [0.05, 0.1) is 13.2 Å². The third kappa shape index (κ3) is 2.91. The predicted octanol–water partition coefficient (Wildman–Crippen LogP) is 2.74. The van der Waals surface area contributed by atoms with Gasteiger partial charge in [0, 0.05) is 12.1 Å². The molecule has 1 aromatic rings. The first kappa shape index (κ1) is 12.2. The largest absolute Gasteiger partial charge is 0.493 e. The fraction of sp³-hybridized carbons (Fsp3) is 0.571. The van der Waals surface area contributed by atoms with Crippen molar-refractivity contribution in [2.45, 2.75) is 38.3 Å². The molecule has 0 unspecified atom stereocenters. The fourth-order valence-electron chi connectivity index (χ4n) is 2.36. The normalized spacial score (nSPS) is 16.1. The van der Waals surface area contributed by atoms with Crippen molar-refractivity contribution in [1.29, 1.82) is 0 Å². The van der Waals surface area contributed by atoms with E-state index in [-0.39, 0.29) is 0 Å². The van der Waals surface area contributed by atoms with Crippen molar-refractivity contribution in [2.24, 2.45) is 0 Å². The molecule has 0 spiro atoms. The topological polar surface area (TPSA) is 30.5 Å². The number of hydrogen-bond acceptors (Lipinski definition) is 3. The second kappa shape index (κ2) is 5.92. The fourth-order valence-corrected chi connectivity index (χ4v) is 2.36. The molecule has 1 aliphatic rings. The molecule has 0 aliphatic heterocycles. The smallest absolute Gasteiger partial charge is 0.166 e. The molecular weight excluding hydrogens is 214 g/mol. The van der Waals surface area contributed by atoms with Crippen LogP contribution in [0.4, 0.5) is 0 Å². The number of benzene rings is 1. The minimum Gasteiger partial charge on any atom is -0.493 e. The quantitative estimate of drug-likeness (QED) is 0.851. The van der Waals surface area contributed by atoms with Crippen LogP contribution in [0.1, 0.15) is 31.2 Å². The Hall–Kier alpha value is -1.22. The molecule has 3 nitrogen and oxygen atoms in total. The van der Waals surface area contributed by atoms with Crippen LogP contribution in [0.15, 0.2) is 18.2 Å². The number of hydrogen-bond donors (Lipinski definition) is 1. The van der Waals surface area contributed by atoms with E-state index in [0.717, 1.165) is 30.9 Å². The first-order valence-electron chi connectivity index (χ1n) is 6.32. The standard InChI is InChI=1S/C14H21NO2/c1-15-10-11-6-5-9-13(16-2)14(11)17-12-7-3-4-8-12/h5-6,9,12,15H,3-4,7-8,10H2,1-2H3. The van der Waals surface area contributed by atoms with Gasteiger partial charge in [-0.1, -0.05) is 12.1 Å². The minimum absolute atomic E-state index is 0.363. The van der Waals surface area contributed by atoms with Crippen LogP contribution in [0.25, 0.3) is 0 Å². The summed E-state index contributed by atoms with van der Waals surface area (Å²) in [6.45, 7) is 0.805. The van der Waals surface area contributed by atoms with E-state index in [2.05, 4.69) is 11.4 Å². The van der Waals surface area contributed by atoms with Gasteiger partial charge in [0.2, 0.25) is 0 Å². The van der Waals surface area contributed by atoms with E-state index in [1.807, 2.05) is 19.2 Å². The Balaban J connectivity index is 2.20. The summed E-state index contributed by atoms with van der Waals surface area (Å²) in [5, 5.41) is 3.17. The summed E-state index contributed by atoms with van der Waals surface area (Å²) in [4.78, 5) is 0. The highest BCUT2D eigenvalue weighted by Crippen LogP contribution is 2.34. The molecule has 1 aliphatic carbocycles. The van der Waals surface area contributed by atoms with Gasteiger partial charge in [-0.25, -0.2) is 0 Å². The van der Waals surface area contributed by atoms with Crippen LogP contribution in [0.3, 0.4) is 0 Å². The SMILES string of the molecule is CNCc1cccc(OC)c1OC1CCCC1. The van der Waals surface area contributed by atoms with Crippen molar-refractivity contribution in [3.8, 4) is 11.5 Å². The van der Waals surface area contributed by atoms with Crippen molar-refractivity contribution in [1.82, 2.24) is 5.32 Å². The van der Waals surface area contributed by atoms with Crippen molar-refractivity contribution < 1.29 is 9.47 Å². The van der Waals surface area contributed by atoms with Crippen molar-refractivity contribution >= 4 is 0 Å². The lowest BCUT2D eigenvalue weighted by Gasteiger charge is -2.19. The first-order chi connectivity index (χ1) is 8.35. The predicted molar refractivity (Wildman–Crippen MR) is 68.6 cm³/mol.